The molecule has 0 atom stereocenters. The highest BCUT2D eigenvalue weighted by atomic mass is 16.5. The van der Waals surface area contributed by atoms with E-state index in [1.54, 1.807) is 12.1 Å². The van der Waals surface area contributed by atoms with Crippen LogP contribution < -0.4 is 20.9 Å². The molecule has 7 heteroatoms. The second-order valence-electron chi connectivity index (χ2n) is 7.90. The summed E-state index contributed by atoms with van der Waals surface area (Å²) < 4.78 is 5.39. The van der Waals surface area contributed by atoms with Gasteiger partial charge in [-0.1, -0.05) is 24.3 Å². The number of morpholine rings is 1. The summed E-state index contributed by atoms with van der Waals surface area (Å²) in [6.07, 6.45) is 0. The SMILES string of the molecule is Cc1ccc(C(=O)Nc2ccccc2)cc1NCC(=O)Nc1ccc(N2CCOCC2)cc1. The van der Waals surface area contributed by atoms with Gasteiger partial charge in [-0.25, -0.2) is 0 Å². The van der Waals surface area contributed by atoms with Crippen molar-refractivity contribution in [3.63, 3.8) is 0 Å². The van der Waals surface area contributed by atoms with Crippen molar-refractivity contribution in [1.29, 1.82) is 0 Å². The van der Waals surface area contributed by atoms with Gasteiger partial charge in [0.2, 0.25) is 5.91 Å². The van der Waals surface area contributed by atoms with Crippen LogP contribution in [-0.2, 0) is 9.53 Å². The Hall–Kier alpha value is -3.84. The molecule has 1 fully saturated rings. The molecular formula is C26H28N4O3. The maximum Gasteiger partial charge on any atom is 0.255 e. The topological polar surface area (TPSA) is 82.7 Å². The first-order chi connectivity index (χ1) is 16.1. The summed E-state index contributed by atoms with van der Waals surface area (Å²) in [5, 5.41) is 8.92. The van der Waals surface area contributed by atoms with E-state index in [4.69, 9.17) is 4.74 Å². The lowest BCUT2D eigenvalue weighted by atomic mass is 10.1. The third-order valence-corrected chi connectivity index (χ3v) is 5.50. The summed E-state index contributed by atoms with van der Waals surface area (Å²) >= 11 is 0. The van der Waals surface area contributed by atoms with Crippen molar-refractivity contribution in [3.05, 3.63) is 83.9 Å². The highest BCUT2D eigenvalue weighted by Crippen LogP contribution is 2.20. The highest BCUT2D eigenvalue weighted by Gasteiger charge is 2.12. The predicted molar refractivity (Wildman–Crippen MR) is 132 cm³/mol. The van der Waals surface area contributed by atoms with E-state index >= 15 is 0 Å². The lowest BCUT2D eigenvalue weighted by Crippen LogP contribution is -2.36. The summed E-state index contributed by atoms with van der Waals surface area (Å²) in [4.78, 5) is 27.3. The zero-order valence-corrected chi connectivity index (χ0v) is 18.6. The van der Waals surface area contributed by atoms with Crippen LogP contribution in [0.2, 0.25) is 0 Å². The molecule has 3 N–H and O–H groups in total. The van der Waals surface area contributed by atoms with E-state index in [0.717, 1.165) is 54.6 Å². The second kappa shape index (κ2) is 10.7. The van der Waals surface area contributed by atoms with Crippen LogP contribution in [0.3, 0.4) is 0 Å². The van der Waals surface area contributed by atoms with Gasteiger partial charge in [-0.2, -0.15) is 0 Å². The number of rotatable bonds is 7. The van der Waals surface area contributed by atoms with Crippen LogP contribution in [-0.4, -0.2) is 44.7 Å². The van der Waals surface area contributed by atoms with Crippen LogP contribution in [0, 0.1) is 6.92 Å². The summed E-state index contributed by atoms with van der Waals surface area (Å²) in [7, 11) is 0. The van der Waals surface area contributed by atoms with Crippen molar-refractivity contribution in [2.24, 2.45) is 0 Å². The van der Waals surface area contributed by atoms with E-state index in [0.29, 0.717) is 5.56 Å². The third kappa shape index (κ3) is 6.11. The molecule has 33 heavy (non-hydrogen) atoms. The molecule has 1 saturated heterocycles. The Labute approximate surface area is 193 Å². The number of hydrogen-bond acceptors (Lipinski definition) is 5. The Morgan fingerprint density at radius 3 is 2.30 bits per heavy atom. The molecule has 0 aliphatic carbocycles. The fourth-order valence-corrected chi connectivity index (χ4v) is 3.64. The van der Waals surface area contributed by atoms with Crippen molar-refractivity contribution in [2.75, 3.05) is 53.7 Å². The average molecular weight is 445 g/mol. The van der Waals surface area contributed by atoms with Crippen LogP contribution in [0.25, 0.3) is 0 Å². The monoisotopic (exact) mass is 444 g/mol. The average Bonchev–Trinajstić information content (AvgIpc) is 2.85. The lowest BCUT2D eigenvalue weighted by Gasteiger charge is -2.28. The van der Waals surface area contributed by atoms with Gasteiger partial charge in [0.05, 0.1) is 19.8 Å². The molecule has 3 aromatic rings. The number of benzene rings is 3. The summed E-state index contributed by atoms with van der Waals surface area (Å²) in [6.45, 7) is 5.24. The number of para-hydroxylation sites is 1. The normalized spacial score (nSPS) is 13.3. The van der Waals surface area contributed by atoms with E-state index < -0.39 is 0 Å². The maximum absolute atomic E-state index is 12.6. The number of nitrogens with zero attached hydrogens (tertiary/aromatic N) is 1. The van der Waals surface area contributed by atoms with Crippen molar-refractivity contribution in [2.45, 2.75) is 6.92 Å². The van der Waals surface area contributed by atoms with Crippen LogP contribution >= 0.6 is 0 Å². The minimum atomic E-state index is -0.200. The summed E-state index contributed by atoms with van der Waals surface area (Å²) in [5.74, 6) is -0.360. The number of carbonyl (C=O) groups is 2. The van der Waals surface area contributed by atoms with E-state index in [9.17, 15) is 9.59 Å². The van der Waals surface area contributed by atoms with Crippen LogP contribution in [0.1, 0.15) is 15.9 Å². The van der Waals surface area contributed by atoms with Gasteiger partial charge >= 0.3 is 0 Å². The first-order valence-electron chi connectivity index (χ1n) is 11.0. The highest BCUT2D eigenvalue weighted by molar-refractivity contribution is 6.05. The molecule has 0 spiro atoms. The van der Waals surface area contributed by atoms with Gasteiger partial charge in [-0.15, -0.1) is 0 Å². The van der Waals surface area contributed by atoms with Crippen molar-refractivity contribution in [3.8, 4) is 0 Å². The third-order valence-electron chi connectivity index (χ3n) is 5.50. The molecule has 2 amide bonds. The largest absolute Gasteiger partial charge is 0.378 e. The van der Waals surface area contributed by atoms with Crippen molar-refractivity contribution >= 4 is 34.6 Å². The zero-order valence-electron chi connectivity index (χ0n) is 18.6. The molecule has 0 unspecified atom stereocenters. The lowest BCUT2D eigenvalue weighted by molar-refractivity contribution is -0.114. The number of aryl methyl sites for hydroxylation is 1. The Morgan fingerprint density at radius 1 is 0.879 bits per heavy atom. The van der Waals surface area contributed by atoms with Gasteiger partial charge in [-0.3, -0.25) is 9.59 Å². The minimum absolute atomic E-state index is 0.0931. The molecule has 3 aromatic carbocycles. The van der Waals surface area contributed by atoms with Crippen LogP contribution in [0.4, 0.5) is 22.7 Å². The molecule has 1 aliphatic heterocycles. The van der Waals surface area contributed by atoms with Gasteiger partial charge in [0.1, 0.15) is 0 Å². The molecule has 1 aliphatic rings. The number of ether oxygens (including phenoxy) is 1. The molecular weight excluding hydrogens is 416 g/mol. The molecule has 0 aromatic heterocycles. The van der Waals surface area contributed by atoms with E-state index in [1.165, 1.54) is 0 Å². The Kier molecular flexibility index (Phi) is 7.22. The number of amides is 2. The van der Waals surface area contributed by atoms with Crippen molar-refractivity contribution in [1.82, 2.24) is 0 Å². The molecule has 7 nitrogen and oxygen atoms in total. The van der Waals surface area contributed by atoms with Crippen LogP contribution in [0.15, 0.2) is 72.8 Å². The van der Waals surface area contributed by atoms with E-state index in [-0.39, 0.29) is 18.4 Å². The number of anilines is 4. The molecule has 0 saturated carbocycles. The minimum Gasteiger partial charge on any atom is -0.378 e. The predicted octanol–water partition coefficient (Wildman–Crippen LogP) is 4.13. The van der Waals surface area contributed by atoms with Crippen LogP contribution in [0.5, 0.6) is 0 Å². The standard InChI is InChI=1S/C26H28N4O3/c1-19-7-8-20(26(32)29-21-5-3-2-4-6-21)17-24(19)27-18-25(31)28-22-9-11-23(12-10-22)30-13-15-33-16-14-30/h2-12,17,27H,13-16,18H2,1H3,(H,28,31)(H,29,32). The number of carbonyl (C=O) groups excluding carboxylic acids is 2. The van der Waals surface area contributed by atoms with Gasteiger partial charge in [0, 0.05) is 41.4 Å². The fraction of sp³-hybridized carbons (Fsp3) is 0.231. The first-order valence-corrected chi connectivity index (χ1v) is 11.0. The van der Waals surface area contributed by atoms with Gasteiger partial charge < -0.3 is 25.6 Å². The molecule has 0 bridgehead atoms. The first kappa shape index (κ1) is 22.4. The van der Waals surface area contributed by atoms with Crippen molar-refractivity contribution < 1.29 is 14.3 Å². The Bertz CT molecular complexity index is 1090. The molecule has 1 heterocycles. The smallest absolute Gasteiger partial charge is 0.255 e. The quantitative estimate of drug-likeness (QED) is 0.510. The molecule has 170 valence electrons. The van der Waals surface area contributed by atoms with E-state index in [1.807, 2.05) is 67.6 Å². The van der Waals surface area contributed by atoms with Gasteiger partial charge in [0.25, 0.3) is 5.91 Å². The van der Waals surface area contributed by atoms with E-state index in [2.05, 4.69) is 20.9 Å². The Balaban J connectivity index is 1.32. The van der Waals surface area contributed by atoms with Gasteiger partial charge in [-0.05, 0) is 61.0 Å². The summed E-state index contributed by atoms with van der Waals surface area (Å²) in [5.41, 5.74) is 4.81. The Morgan fingerprint density at radius 2 is 1.58 bits per heavy atom. The molecule has 4 rings (SSSR count). The second-order valence-corrected chi connectivity index (χ2v) is 7.90. The number of hydrogen-bond donors (Lipinski definition) is 3. The molecule has 0 radical (unpaired) electrons. The number of nitrogens with one attached hydrogen (secondary N) is 3. The maximum atomic E-state index is 12.6. The van der Waals surface area contributed by atoms with Gasteiger partial charge in [0.15, 0.2) is 0 Å². The fourth-order valence-electron chi connectivity index (χ4n) is 3.64. The summed E-state index contributed by atoms with van der Waals surface area (Å²) in [6, 6.07) is 22.5. The zero-order chi connectivity index (χ0) is 23.0.